The molecule has 0 atom stereocenters. The molecule has 0 saturated heterocycles. The Kier molecular flexibility index (Phi) is 7.92. The highest BCUT2D eigenvalue weighted by Crippen LogP contribution is 2.40. The molecule has 0 saturated carbocycles. The number of aryl methyl sites for hydroxylation is 1. The first kappa shape index (κ1) is 21.0. The summed E-state index contributed by atoms with van der Waals surface area (Å²) < 4.78 is 0. The fourth-order valence-electron chi connectivity index (χ4n) is 3.85. The van der Waals surface area contributed by atoms with Crippen LogP contribution in [0.5, 0.6) is 0 Å². The molecule has 0 radical (unpaired) electrons. The fourth-order valence-corrected chi connectivity index (χ4v) is 3.85. The van der Waals surface area contributed by atoms with Gasteiger partial charge >= 0.3 is 5.97 Å². The highest BCUT2D eigenvalue weighted by molar-refractivity contribution is 5.66. The number of rotatable bonds is 7. The first-order valence-electron chi connectivity index (χ1n) is 10.1. The van der Waals surface area contributed by atoms with Gasteiger partial charge in [0.15, 0.2) is 0 Å². The number of carboxylic acid groups (broad SMARTS) is 1. The van der Waals surface area contributed by atoms with Gasteiger partial charge in [-0.05, 0) is 80.2 Å². The maximum absolute atomic E-state index is 10.5. The molecule has 0 aliphatic heterocycles. The quantitative estimate of drug-likeness (QED) is 0.455. The lowest BCUT2D eigenvalue weighted by molar-refractivity contribution is -0.137. The number of benzene rings is 1. The van der Waals surface area contributed by atoms with E-state index in [-0.39, 0.29) is 11.8 Å². The van der Waals surface area contributed by atoms with Crippen LogP contribution in [0.3, 0.4) is 0 Å². The van der Waals surface area contributed by atoms with Crippen molar-refractivity contribution in [3.05, 3.63) is 58.7 Å². The first-order valence-corrected chi connectivity index (χ1v) is 10.1. The van der Waals surface area contributed by atoms with E-state index in [2.05, 4.69) is 56.9 Å². The van der Waals surface area contributed by atoms with Crippen LogP contribution in [0.15, 0.2) is 47.6 Å². The lowest BCUT2D eigenvalue weighted by Gasteiger charge is -2.32. The average Bonchev–Trinajstić information content (AvgIpc) is 2.60. The van der Waals surface area contributed by atoms with Crippen molar-refractivity contribution in [3.63, 3.8) is 0 Å². The molecule has 0 unspecified atom stereocenters. The van der Waals surface area contributed by atoms with Crippen LogP contribution in [0, 0.1) is 17.3 Å². The van der Waals surface area contributed by atoms with Gasteiger partial charge in [-0.25, -0.2) is 0 Å². The number of hydrogen-bond donors (Lipinski definition) is 1. The van der Waals surface area contributed by atoms with Crippen LogP contribution in [0.1, 0.15) is 76.8 Å². The standard InChI is InChI=1S/C25H32O2/c1-20-11-10-18-25(2,3)23(20)16-8-7-13-22-15-9-14-21(19-22)12-5-4-6-17-24(26)27/h8-9,14-16,19H,4-6,10-12,17-18H2,1-3H3,(H,26,27). The molecule has 27 heavy (non-hydrogen) atoms. The summed E-state index contributed by atoms with van der Waals surface area (Å²) in [5, 5.41) is 8.67. The Hall–Kier alpha value is -2.27. The summed E-state index contributed by atoms with van der Waals surface area (Å²) in [6.45, 7) is 6.89. The Balaban J connectivity index is 1.92. The third-order valence-corrected chi connectivity index (χ3v) is 5.38. The third-order valence-electron chi connectivity index (χ3n) is 5.38. The number of unbranched alkanes of at least 4 members (excludes halogenated alkanes) is 2. The zero-order valence-electron chi connectivity index (χ0n) is 17.0. The maximum Gasteiger partial charge on any atom is 0.303 e. The smallest absolute Gasteiger partial charge is 0.303 e. The Bertz CT molecular complexity index is 769. The van der Waals surface area contributed by atoms with Crippen LogP contribution in [-0.2, 0) is 11.2 Å². The molecule has 1 aliphatic rings. The van der Waals surface area contributed by atoms with E-state index in [1.165, 1.54) is 36.0 Å². The molecule has 0 fully saturated rings. The van der Waals surface area contributed by atoms with Gasteiger partial charge in [0, 0.05) is 12.0 Å². The largest absolute Gasteiger partial charge is 0.481 e. The van der Waals surface area contributed by atoms with Crippen molar-refractivity contribution in [3.8, 4) is 11.8 Å². The van der Waals surface area contributed by atoms with Gasteiger partial charge in [0.1, 0.15) is 0 Å². The molecule has 0 heterocycles. The van der Waals surface area contributed by atoms with Gasteiger partial charge in [-0.1, -0.05) is 55.9 Å². The van der Waals surface area contributed by atoms with Gasteiger partial charge in [0.05, 0.1) is 0 Å². The van der Waals surface area contributed by atoms with Crippen molar-refractivity contribution in [2.24, 2.45) is 5.41 Å². The molecule has 1 N–H and O–H groups in total. The van der Waals surface area contributed by atoms with E-state index in [1.54, 1.807) is 0 Å². The van der Waals surface area contributed by atoms with E-state index in [9.17, 15) is 4.79 Å². The third kappa shape index (κ3) is 7.10. The lowest BCUT2D eigenvalue weighted by Crippen LogP contribution is -2.18. The Morgan fingerprint density at radius 3 is 2.81 bits per heavy atom. The van der Waals surface area contributed by atoms with Gasteiger partial charge in [0.2, 0.25) is 0 Å². The number of carboxylic acids is 1. The molecule has 1 aliphatic carbocycles. The summed E-state index contributed by atoms with van der Waals surface area (Å²) in [4.78, 5) is 10.5. The van der Waals surface area contributed by atoms with Crippen LogP contribution >= 0.6 is 0 Å². The van der Waals surface area contributed by atoms with Gasteiger partial charge < -0.3 is 5.11 Å². The van der Waals surface area contributed by atoms with Crippen LogP contribution in [0.2, 0.25) is 0 Å². The summed E-state index contributed by atoms with van der Waals surface area (Å²) in [5.41, 5.74) is 5.50. The topological polar surface area (TPSA) is 37.3 Å². The second-order valence-electron chi connectivity index (χ2n) is 8.19. The average molecular weight is 365 g/mol. The van der Waals surface area contributed by atoms with E-state index in [4.69, 9.17) is 5.11 Å². The monoisotopic (exact) mass is 364 g/mol. The van der Waals surface area contributed by atoms with Crippen LogP contribution in [0.4, 0.5) is 0 Å². The Morgan fingerprint density at radius 1 is 1.26 bits per heavy atom. The van der Waals surface area contributed by atoms with E-state index < -0.39 is 5.97 Å². The Morgan fingerprint density at radius 2 is 2.07 bits per heavy atom. The van der Waals surface area contributed by atoms with Crippen molar-refractivity contribution in [2.45, 2.75) is 72.1 Å². The minimum Gasteiger partial charge on any atom is -0.481 e. The van der Waals surface area contributed by atoms with Gasteiger partial charge in [-0.15, -0.1) is 0 Å². The van der Waals surface area contributed by atoms with Crippen molar-refractivity contribution in [2.75, 3.05) is 0 Å². The summed E-state index contributed by atoms with van der Waals surface area (Å²) >= 11 is 0. The summed E-state index contributed by atoms with van der Waals surface area (Å²) in [6.07, 6.45) is 11.9. The van der Waals surface area contributed by atoms with Crippen LogP contribution in [-0.4, -0.2) is 11.1 Å². The van der Waals surface area contributed by atoms with E-state index in [0.717, 1.165) is 31.2 Å². The predicted octanol–water partition coefficient (Wildman–Crippen LogP) is 6.31. The van der Waals surface area contributed by atoms with Gasteiger partial charge in [-0.3, -0.25) is 4.79 Å². The van der Waals surface area contributed by atoms with Gasteiger partial charge in [-0.2, -0.15) is 0 Å². The second-order valence-corrected chi connectivity index (χ2v) is 8.19. The molecule has 2 heteroatoms. The normalized spacial score (nSPS) is 16.3. The molecule has 0 spiro atoms. The van der Waals surface area contributed by atoms with E-state index in [1.807, 2.05) is 12.1 Å². The summed E-state index contributed by atoms with van der Waals surface area (Å²) in [6, 6.07) is 8.37. The molecule has 0 amide bonds. The van der Waals surface area contributed by atoms with E-state index >= 15 is 0 Å². The summed E-state index contributed by atoms with van der Waals surface area (Å²) in [7, 11) is 0. The number of aliphatic carboxylic acids is 1. The highest BCUT2D eigenvalue weighted by Gasteiger charge is 2.26. The molecular weight excluding hydrogens is 332 g/mol. The van der Waals surface area contributed by atoms with Crippen molar-refractivity contribution < 1.29 is 9.90 Å². The minimum absolute atomic E-state index is 0.251. The molecule has 0 aromatic heterocycles. The Labute approximate surface area is 164 Å². The van der Waals surface area contributed by atoms with E-state index in [0.29, 0.717) is 0 Å². The van der Waals surface area contributed by atoms with Crippen LogP contribution in [0.25, 0.3) is 0 Å². The fraction of sp³-hybridized carbons (Fsp3) is 0.480. The summed E-state index contributed by atoms with van der Waals surface area (Å²) in [5.74, 6) is 5.73. The van der Waals surface area contributed by atoms with Crippen molar-refractivity contribution in [1.29, 1.82) is 0 Å². The molecule has 2 rings (SSSR count). The number of allylic oxidation sites excluding steroid dienone is 4. The number of carbonyl (C=O) groups is 1. The van der Waals surface area contributed by atoms with Crippen LogP contribution < -0.4 is 0 Å². The molecule has 144 valence electrons. The number of hydrogen-bond acceptors (Lipinski definition) is 1. The lowest BCUT2D eigenvalue weighted by atomic mass is 9.73. The molecule has 1 aromatic carbocycles. The SMILES string of the molecule is CC1=C(C=CC#Cc2cccc(CCCCCC(=O)O)c2)C(C)(C)CCC1. The minimum atomic E-state index is -0.706. The van der Waals surface area contributed by atoms with Crippen molar-refractivity contribution in [1.82, 2.24) is 0 Å². The molecular formula is C25H32O2. The predicted molar refractivity (Wildman–Crippen MR) is 113 cm³/mol. The first-order chi connectivity index (χ1) is 12.9. The maximum atomic E-state index is 10.5. The zero-order valence-corrected chi connectivity index (χ0v) is 17.0. The molecule has 2 nitrogen and oxygen atoms in total. The van der Waals surface area contributed by atoms with Gasteiger partial charge in [0.25, 0.3) is 0 Å². The molecule has 0 bridgehead atoms. The van der Waals surface area contributed by atoms with Crippen molar-refractivity contribution >= 4 is 5.97 Å². The second kappa shape index (κ2) is 10.2. The highest BCUT2D eigenvalue weighted by atomic mass is 16.4. The molecule has 1 aromatic rings. The zero-order chi connectivity index (χ0) is 19.7.